The van der Waals surface area contributed by atoms with Crippen LogP contribution in [0, 0.1) is 11.3 Å². The average molecular weight is 288 g/mol. The van der Waals surface area contributed by atoms with Gasteiger partial charge < -0.3 is 14.5 Å². The van der Waals surface area contributed by atoms with Crippen LogP contribution in [0.4, 0.5) is 0 Å². The molecule has 22 heavy (non-hydrogen) atoms. The van der Waals surface area contributed by atoms with Crippen molar-refractivity contribution in [1.82, 2.24) is 4.98 Å². The maximum absolute atomic E-state index is 9.52. The Morgan fingerprint density at radius 1 is 1.14 bits per heavy atom. The van der Waals surface area contributed by atoms with Gasteiger partial charge in [0.2, 0.25) is 6.79 Å². The Labute approximate surface area is 127 Å². The maximum Gasteiger partial charge on any atom is 0.231 e. The first-order valence-electron chi connectivity index (χ1n) is 6.93. The quantitative estimate of drug-likeness (QED) is 0.726. The molecule has 2 heterocycles. The lowest BCUT2D eigenvalue weighted by Gasteiger charge is -2.00. The molecule has 0 bridgehead atoms. The van der Waals surface area contributed by atoms with E-state index in [4.69, 9.17) is 9.47 Å². The molecule has 0 saturated heterocycles. The number of nitrogens with zero attached hydrogens (tertiary/aromatic N) is 1. The molecule has 1 aromatic heterocycles. The van der Waals surface area contributed by atoms with Gasteiger partial charge in [-0.15, -0.1) is 0 Å². The summed E-state index contributed by atoms with van der Waals surface area (Å²) in [6.45, 7) is 0.246. The Balaban J connectivity index is 1.80. The molecule has 4 rings (SSSR count). The topological polar surface area (TPSA) is 58.0 Å². The fourth-order valence-corrected chi connectivity index (χ4v) is 2.63. The summed E-state index contributed by atoms with van der Waals surface area (Å²) in [5.74, 6) is 1.45. The second kappa shape index (κ2) is 4.97. The fraction of sp³-hybridized carbons (Fsp3) is 0.0556. The normalized spacial score (nSPS) is 13.3. The molecule has 1 aliphatic rings. The summed E-state index contributed by atoms with van der Waals surface area (Å²) >= 11 is 0. The predicted molar refractivity (Wildman–Crippen MR) is 84.3 cm³/mol. The molecule has 0 fully saturated rings. The van der Waals surface area contributed by atoms with E-state index in [-0.39, 0.29) is 6.79 Å². The van der Waals surface area contributed by atoms with E-state index in [0.717, 1.165) is 27.8 Å². The molecule has 3 aromatic rings. The fourth-order valence-electron chi connectivity index (χ4n) is 2.63. The van der Waals surface area contributed by atoms with Crippen LogP contribution in [0.1, 0.15) is 11.1 Å². The number of para-hydroxylation sites is 1. The number of H-pyrrole nitrogens is 1. The zero-order chi connectivity index (χ0) is 14.9. The minimum absolute atomic E-state index is 0.246. The Kier molecular flexibility index (Phi) is 2.84. The van der Waals surface area contributed by atoms with Crippen LogP contribution in [0.3, 0.4) is 0 Å². The van der Waals surface area contributed by atoms with Crippen molar-refractivity contribution in [3.8, 4) is 17.6 Å². The lowest BCUT2D eigenvalue weighted by molar-refractivity contribution is 0.174. The van der Waals surface area contributed by atoms with Gasteiger partial charge >= 0.3 is 0 Å². The van der Waals surface area contributed by atoms with Crippen molar-refractivity contribution < 1.29 is 9.47 Å². The van der Waals surface area contributed by atoms with E-state index >= 15 is 0 Å². The van der Waals surface area contributed by atoms with Crippen LogP contribution in [0.5, 0.6) is 11.5 Å². The summed E-state index contributed by atoms with van der Waals surface area (Å²) in [7, 11) is 0. The number of rotatable bonds is 2. The lowest BCUT2D eigenvalue weighted by Crippen LogP contribution is -1.92. The summed E-state index contributed by atoms with van der Waals surface area (Å²) in [5, 5.41) is 10.6. The van der Waals surface area contributed by atoms with Gasteiger partial charge in [0.05, 0.1) is 11.6 Å². The molecule has 4 nitrogen and oxygen atoms in total. The highest BCUT2D eigenvalue weighted by molar-refractivity contribution is 6.01. The van der Waals surface area contributed by atoms with Crippen molar-refractivity contribution >= 4 is 22.6 Å². The Morgan fingerprint density at radius 3 is 2.91 bits per heavy atom. The van der Waals surface area contributed by atoms with Crippen LogP contribution in [0.2, 0.25) is 0 Å². The zero-order valence-electron chi connectivity index (χ0n) is 11.7. The Bertz CT molecular complexity index is 932. The second-order valence-electron chi connectivity index (χ2n) is 5.03. The van der Waals surface area contributed by atoms with Crippen LogP contribution in [0.15, 0.2) is 48.7 Å². The minimum atomic E-state index is 0.246. The van der Waals surface area contributed by atoms with Gasteiger partial charge in [-0.1, -0.05) is 24.3 Å². The van der Waals surface area contributed by atoms with Crippen LogP contribution in [-0.4, -0.2) is 11.8 Å². The van der Waals surface area contributed by atoms with Crippen molar-refractivity contribution in [3.05, 3.63) is 59.8 Å². The van der Waals surface area contributed by atoms with Crippen molar-refractivity contribution in [1.29, 1.82) is 5.26 Å². The SMILES string of the molecule is N#C/C(=C\c1ccc2c(c1)OCO2)c1c[nH]c2ccccc12. The molecule has 0 spiro atoms. The third-order valence-corrected chi connectivity index (χ3v) is 3.71. The summed E-state index contributed by atoms with van der Waals surface area (Å²) < 4.78 is 10.7. The van der Waals surface area contributed by atoms with Gasteiger partial charge in [0.1, 0.15) is 0 Å². The summed E-state index contributed by atoms with van der Waals surface area (Å²) in [5.41, 5.74) is 3.43. The third kappa shape index (κ3) is 2.00. The smallest absolute Gasteiger partial charge is 0.231 e. The van der Waals surface area contributed by atoms with Gasteiger partial charge in [-0.2, -0.15) is 5.26 Å². The highest BCUT2D eigenvalue weighted by atomic mass is 16.7. The molecular formula is C18H12N2O2. The average Bonchev–Trinajstić information content (AvgIpc) is 3.18. The van der Waals surface area contributed by atoms with Crippen LogP contribution in [0.25, 0.3) is 22.6 Å². The molecule has 0 radical (unpaired) electrons. The van der Waals surface area contributed by atoms with Gasteiger partial charge in [0.25, 0.3) is 0 Å². The zero-order valence-corrected chi connectivity index (χ0v) is 11.7. The first-order valence-corrected chi connectivity index (χ1v) is 6.93. The van der Waals surface area contributed by atoms with Crippen LogP contribution in [-0.2, 0) is 0 Å². The molecule has 1 N–H and O–H groups in total. The van der Waals surface area contributed by atoms with Gasteiger partial charge in [0, 0.05) is 22.7 Å². The third-order valence-electron chi connectivity index (χ3n) is 3.71. The van der Waals surface area contributed by atoms with Gasteiger partial charge in [-0.05, 0) is 29.8 Å². The van der Waals surface area contributed by atoms with Gasteiger partial charge in [0.15, 0.2) is 11.5 Å². The van der Waals surface area contributed by atoms with Crippen molar-refractivity contribution in [2.45, 2.75) is 0 Å². The number of fused-ring (bicyclic) bond motifs is 2. The van der Waals surface area contributed by atoms with Crippen molar-refractivity contribution in [3.63, 3.8) is 0 Å². The van der Waals surface area contributed by atoms with Gasteiger partial charge in [-0.3, -0.25) is 0 Å². The van der Waals surface area contributed by atoms with Crippen LogP contribution < -0.4 is 9.47 Å². The molecule has 1 aliphatic heterocycles. The van der Waals surface area contributed by atoms with E-state index < -0.39 is 0 Å². The van der Waals surface area contributed by atoms with E-state index in [0.29, 0.717) is 11.3 Å². The molecule has 0 amide bonds. The first-order chi connectivity index (χ1) is 10.8. The number of ether oxygens (including phenoxy) is 2. The molecule has 4 heteroatoms. The van der Waals surface area contributed by atoms with Crippen molar-refractivity contribution in [2.24, 2.45) is 0 Å². The van der Waals surface area contributed by atoms with Gasteiger partial charge in [-0.25, -0.2) is 0 Å². The summed E-state index contributed by atoms with van der Waals surface area (Å²) in [4.78, 5) is 3.19. The molecule has 106 valence electrons. The standard InChI is InChI=1S/C18H12N2O2/c19-9-13(15-10-20-16-4-2-1-3-14(15)16)7-12-5-6-17-18(8-12)22-11-21-17/h1-8,10,20H,11H2/b13-7+. The first kappa shape index (κ1) is 12.5. The van der Waals surface area contributed by atoms with Crippen LogP contribution >= 0.6 is 0 Å². The summed E-state index contributed by atoms with van der Waals surface area (Å²) in [6, 6.07) is 15.9. The number of hydrogen-bond donors (Lipinski definition) is 1. The molecule has 2 aromatic carbocycles. The molecule has 0 saturated carbocycles. The monoisotopic (exact) mass is 288 g/mol. The number of aromatic nitrogens is 1. The lowest BCUT2D eigenvalue weighted by atomic mass is 10.0. The largest absolute Gasteiger partial charge is 0.454 e. The summed E-state index contributed by atoms with van der Waals surface area (Å²) in [6.07, 6.45) is 3.73. The number of benzene rings is 2. The Morgan fingerprint density at radius 2 is 2.00 bits per heavy atom. The maximum atomic E-state index is 9.52. The number of hydrogen-bond acceptors (Lipinski definition) is 3. The Hall–Kier alpha value is -3.19. The number of nitrogens with one attached hydrogen (secondary N) is 1. The minimum Gasteiger partial charge on any atom is -0.454 e. The molecule has 0 unspecified atom stereocenters. The van der Waals surface area contributed by atoms with E-state index in [2.05, 4.69) is 11.1 Å². The van der Waals surface area contributed by atoms with E-state index in [1.165, 1.54) is 0 Å². The highest BCUT2D eigenvalue weighted by Gasteiger charge is 2.13. The molecule has 0 atom stereocenters. The van der Waals surface area contributed by atoms with E-state index in [1.54, 1.807) is 0 Å². The second-order valence-corrected chi connectivity index (χ2v) is 5.03. The van der Waals surface area contributed by atoms with Crippen molar-refractivity contribution in [2.75, 3.05) is 6.79 Å². The van der Waals surface area contributed by atoms with E-state index in [9.17, 15) is 5.26 Å². The number of aromatic amines is 1. The molecule has 0 aliphatic carbocycles. The predicted octanol–water partition coefficient (Wildman–Crippen LogP) is 3.96. The molecular weight excluding hydrogens is 276 g/mol. The number of nitriles is 1. The van der Waals surface area contributed by atoms with E-state index in [1.807, 2.05) is 54.7 Å². The number of allylic oxidation sites excluding steroid dienone is 1. The highest BCUT2D eigenvalue weighted by Crippen LogP contribution is 2.34.